The molecule has 0 spiro atoms. The third kappa shape index (κ3) is 3.50. The van der Waals surface area contributed by atoms with Crippen molar-refractivity contribution in [2.45, 2.75) is 6.92 Å². The first kappa shape index (κ1) is 18.8. The van der Waals surface area contributed by atoms with Crippen molar-refractivity contribution in [1.82, 2.24) is 9.38 Å². The van der Waals surface area contributed by atoms with E-state index >= 15 is 0 Å². The van der Waals surface area contributed by atoms with Crippen LogP contribution in [0.3, 0.4) is 0 Å². The van der Waals surface area contributed by atoms with E-state index in [1.54, 1.807) is 36.4 Å². The molecule has 2 heterocycles. The number of imidazole rings is 1. The molecule has 2 aromatic carbocycles. The minimum absolute atomic E-state index is 0.279. The number of hydrogen-bond donors (Lipinski definition) is 1. The van der Waals surface area contributed by atoms with Gasteiger partial charge in [-0.05, 0) is 43.3 Å². The van der Waals surface area contributed by atoms with Crippen LogP contribution in [0.5, 0.6) is 0 Å². The molecule has 1 N–H and O–H groups in total. The molecular formula is C21H16FN3O3S. The first-order valence-corrected chi connectivity index (χ1v) is 9.52. The number of para-hydroxylation sites is 1. The minimum Gasteiger partial charge on any atom is -0.465 e. The van der Waals surface area contributed by atoms with Crippen LogP contribution in [-0.4, -0.2) is 28.4 Å². The number of benzene rings is 2. The normalized spacial score (nSPS) is 10.9. The predicted molar refractivity (Wildman–Crippen MR) is 109 cm³/mol. The number of hydrogen-bond acceptors (Lipinski definition) is 5. The Morgan fingerprint density at radius 3 is 2.55 bits per heavy atom. The Balaban J connectivity index is 1.64. The highest BCUT2D eigenvalue weighted by Crippen LogP contribution is 2.28. The second kappa shape index (κ2) is 7.48. The molecule has 0 bridgehead atoms. The summed E-state index contributed by atoms with van der Waals surface area (Å²) in [6.45, 7) is 1.82. The van der Waals surface area contributed by atoms with Crippen molar-refractivity contribution < 1.29 is 18.7 Å². The molecule has 0 saturated carbocycles. The highest BCUT2D eigenvalue weighted by Gasteiger charge is 2.20. The molecule has 2 aromatic heterocycles. The molecule has 29 heavy (non-hydrogen) atoms. The Morgan fingerprint density at radius 2 is 1.86 bits per heavy atom. The number of nitrogens with zero attached hydrogens (tertiary/aromatic N) is 2. The number of esters is 1. The van der Waals surface area contributed by atoms with E-state index in [1.165, 1.54) is 30.6 Å². The van der Waals surface area contributed by atoms with Crippen molar-refractivity contribution in [2.24, 2.45) is 0 Å². The molecule has 4 aromatic rings. The fourth-order valence-corrected chi connectivity index (χ4v) is 3.98. The summed E-state index contributed by atoms with van der Waals surface area (Å²) in [4.78, 5) is 30.4. The summed E-state index contributed by atoms with van der Waals surface area (Å²) >= 11 is 1.24. The molecule has 1 amide bonds. The number of ether oxygens (including phenoxy) is 1. The summed E-state index contributed by atoms with van der Waals surface area (Å²) in [6.07, 6.45) is 1.81. The molecule has 0 aliphatic carbocycles. The molecule has 146 valence electrons. The second-order valence-electron chi connectivity index (χ2n) is 6.29. The Morgan fingerprint density at radius 1 is 1.14 bits per heavy atom. The van der Waals surface area contributed by atoms with Crippen LogP contribution in [-0.2, 0) is 4.74 Å². The summed E-state index contributed by atoms with van der Waals surface area (Å²) in [5.74, 6) is -1.17. The average molecular weight is 409 g/mol. The molecule has 0 unspecified atom stereocenters. The number of methoxy groups -OCH3 is 1. The van der Waals surface area contributed by atoms with E-state index in [4.69, 9.17) is 4.74 Å². The van der Waals surface area contributed by atoms with Gasteiger partial charge in [0.25, 0.3) is 5.91 Å². The summed E-state index contributed by atoms with van der Waals surface area (Å²) in [5.41, 5.74) is 2.86. The van der Waals surface area contributed by atoms with Crippen LogP contribution in [0.1, 0.15) is 25.7 Å². The minimum atomic E-state index is -0.525. The Kier molecular flexibility index (Phi) is 4.85. The molecule has 0 saturated heterocycles. The van der Waals surface area contributed by atoms with Gasteiger partial charge in [-0.25, -0.2) is 14.2 Å². The number of anilines is 1. The van der Waals surface area contributed by atoms with Crippen LogP contribution >= 0.6 is 11.3 Å². The third-order valence-electron chi connectivity index (χ3n) is 4.48. The Labute approximate surface area is 169 Å². The lowest BCUT2D eigenvalue weighted by molar-refractivity contribution is 0.0602. The number of halogens is 1. The van der Waals surface area contributed by atoms with Gasteiger partial charge in [-0.1, -0.05) is 23.5 Å². The van der Waals surface area contributed by atoms with Gasteiger partial charge in [-0.15, -0.1) is 0 Å². The van der Waals surface area contributed by atoms with E-state index in [9.17, 15) is 14.0 Å². The lowest BCUT2D eigenvalue weighted by Gasteiger charge is -2.09. The maximum atomic E-state index is 13.1. The number of carbonyl (C=O) groups excluding carboxylic acids is 2. The number of aromatic nitrogens is 2. The predicted octanol–water partition coefficient (Wildman–Crippen LogP) is 4.55. The smallest absolute Gasteiger partial charge is 0.339 e. The molecule has 8 heteroatoms. The van der Waals surface area contributed by atoms with Gasteiger partial charge in [-0.3, -0.25) is 9.20 Å². The zero-order valence-corrected chi connectivity index (χ0v) is 16.4. The zero-order valence-electron chi connectivity index (χ0n) is 15.6. The number of amides is 1. The van der Waals surface area contributed by atoms with E-state index in [-0.39, 0.29) is 17.3 Å². The van der Waals surface area contributed by atoms with E-state index < -0.39 is 5.97 Å². The van der Waals surface area contributed by atoms with Crippen LogP contribution in [0.25, 0.3) is 16.2 Å². The second-order valence-corrected chi connectivity index (χ2v) is 7.27. The van der Waals surface area contributed by atoms with Gasteiger partial charge in [-0.2, -0.15) is 0 Å². The highest BCUT2D eigenvalue weighted by molar-refractivity contribution is 7.19. The summed E-state index contributed by atoms with van der Waals surface area (Å²) in [5, 5.41) is 2.77. The van der Waals surface area contributed by atoms with Crippen molar-refractivity contribution in [3.05, 3.63) is 76.7 Å². The highest BCUT2D eigenvalue weighted by atomic mass is 32.1. The van der Waals surface area contributed by atoms with Crippen LogP contribution in [0.2, 0.25) is 0 Å². The molecule has 0 radical (unpaired) electrons. The maximum Gasteiger partial charge on any atom is 0.339 e. The van der Waals surface area contributed by atoms with Crippen LogP contribution < -0.4 is 5.32 Å². The molecule has 6 nitrogen and oxygen atoms in total. The molecular weight excluding hydrogens is 393 g/mol. The van der Waals surface area contributed by atoms with Gasteiger partial charge in [0, 0.05) is 17.5 Å². The average Bonchev–Trinajstić information content (AvgIpc) is 3.28. The van der Waals surface area contributed by atoms with E-state index in [0.29, 0.717) is 21.2 Å². The van der Waals surface area contributed by atoms with Gasteiger partial charge in [0.2, 0.25) is 0 Å². The zero-order chi connectivity index (χ0) is 20.5. The van der Waals surface area contributed by atoms with E-state index in [2.05, 4.69) is 10.3 Å². The fraction of sp³-hybridized carbons (Fsp3) is 0.0952. The largest absolute Gasteiger partial charge is 0.465 e. The van der Waals surface area contributed by atoms with Gasteiger partial charge in [0.15, 0.2) is 4.96 Å². The number of thiazole rings is 1. The molecule has 0 fully saturated rings. The van der Waals surface area contributed by atoms with Crippen molar-refractivity contribution in [3.8, 4) is 11.3 Å². The first-order valence-electron chi connectivity index (χ1n) is 8.71. The van der Waals surface area contributed by atoms with Gasteiger partial charge >= 0.3 is 5.97 Å². The number of carbonyl (C=O) groups is 2. The SMILES string of the molecule is COC(=O)c1ccccc1NC(=O)c1sc2nc(-c3ccc(F)cc3)cn2c1C. The lowest BCUT2D eigenvalue weighted by atomic mass is 10.1. The van der Waals surface area contributed by atoms with Crippen LogP contribution in [0.15, 0.2) is 54.7 Å². The van der Waals surface area contributed by atoms with Crippen molar-refractivity contribution >= 4 is 33.9 Å². The van der Waals surface area contributed by atoms with E-state index in [0.717, 1.165) is 11.3 Å². The summed E-state index contributed by atoms with van der Waals surface area (Å²) in [7, 11) is 1.29. The van der Waals surface area contributed by atoms with Crippen LogP contribution in [0.4, 0.5) is 10.1 Å². The number of aryl methyl sites for hydroxylation is 1. The van der Waals surface area contributed by atoms with Gasteiger partial charge < -0.3 is 10.1 Å². The monoisotopic (exact) mass is 409 g/mol. The van der Waals surface area contributed by atoms with Crippen molar-refractivity contribution in [2.75, 3.05) is 12.4 Å². The van der Waals surface area contributed by atoms with Crippen molar-refractivity contribution in [3.63, 3.8) is 0 Å². The first-order chi connectivity index (χ1) is 14.0. The maximum absolute atomic E-state index is 13.1. The third-order valence-corrected chi connectivity index (χ3v) is 5.64. The number of fused-ring (bicyclic) bond motifs is 1. The Bertz CT molecular complexity index is 1230. The standard InChI is InChI=1S/C21H16FN3O3S/c1-12-18(19(26)23-16-6-4-3-5-15(16)20(27)28-2)29-21-24-17(11-25(12)21)13-7-9-14(22)10-8-13/h3-11H,1-2H3,(H,23,26). The summed E-state index contributed by atoms with van der Waals surface area (Å²) in [6, 6.07) is 12.7. The summed E-state index contributed by atoms with van der Waals surface area (Å²) < 4.78 is 19.7. The fourth-order valence-electron chi connectivity index (χ4n) is 2.98. The van der Waals surface area contributed by atoms with Gasteiger partial charge in [0.1, 0.15) is 10.7 Å². The molecule has 0 aliphatic rings. The van der Waals surface area contributed by atoms with Gasteiger partial charge in [0.05, 0.1) is 24.1 Å². The van der Waals surface area contributed by atoms with Crippen molar-refractivity contribution in [1.29, 1.82) is 0 Å². The van der Waals surface area contributed by atoms with Crippen LogP contribution in [0, 0.1) is 12.7 Å². The topological polar surface area (TPSA) is 72.7 Å². The van der Waals surface area contributed by atoms with E-state index in [1.807, 2.05) is 17.5 Å². The lowest BCUT2D eigenvalue weighted by Crippen LogP contribution is -2.15. The molecule has 4 rings (SSSR count). The molecule has 0 atom stereocenters. The number of nitrogens with one attached hydrogen (secondary N) is 1. The Hall–Kier alpha value is -3.52. The quantitative estimate of drug-likeness (QED) is 0.502. The number of rotatable bonds is 4. The molecule has 0 aliphatic heterocycles.